The van der Waals surface area contributed by atoms with Crippen molar-refractivity contribution < 1.29 is 31.5 Å². The summed E-state index contributed by atoms with van der Waals surface area (Å²) in [5.41, 5.74) is 1.40. The average Bonchev–Trinajstić information content (AvgIpc) is 3.14. The Balaban J connectivity index is 1.80. The zero-order valence-corrected chi connectivity index (χ0v) is 21.3. The molecule has 4 aromatic rings. The lowest BCUT2D eigenvalue weighted by atomic mass is 9.87. The molecule has 0 amide bonds. The van der Waals surface area contributed by atoms with Crippen LogP contribution in [-0.4, -0.2) is 24.1 Å². The summed E-state index contributed by atoms with van der Waals surface area (Å²) in [4.78, 5) is 11.3. The standard InChI is InChI=1S/C28H26F3NO4S/c1-27(2,3)21-5-4-6-24(16-21)37(35,36)17-32-23(13-18-7-9-19(10-8-18)26(33)34)15-20-14-22(28(29,30)31)11-12-25(20)32/h4-12,14-16H,13,17H2,1-3H3,(H,33,34). The van der Waals surface area contributed by atoms with Crippen molar-refractivity contribution in [3.05, 3.63) is 101 Å². The van der Waals surface area contributed by atoms with Crippen molar-refractivity contribution >= 4 is 26.7 Å². The van der Waals surface area contributed by atoms with Crippen molar-refractivity contribution in [2.24, 2.45) is 0 Å². The molecular formula is C28H26F3NO4S. The number of carboxylic acid groups (broad SMARTS) is 1. The quantitative estimate of drug-likeness (QED) is 0.302. The second-order valence-electron chi connectivity index (χ2n) is 10.0. The zero-order valence-electron chi connectivity index (χ0n) is 20.5. The number of carboxylic acids is 1. The second kappa shape index (κ2) is 9.37. The van der Waals surface area contributed by atoms with Crippen LogP contribution < -0.4 is 0 Å². The molecule has 0 radical (unpaired) electrons. The van der Waals surface area contributed by atoms with Crippen molar-refractivity contribution in [3.63, 3.8) is 0 Å². The average molecular weight is 530 g/mol. The highest BCUT2D eigenvalue weighted by molar-refractivity contribution is 7.90. The van der Waals surface area contributed by atoms with E-state index in [-0.39, 0.29) is 27.7 Å². The number of benzene rings is 3. The number of rotatable bonds is 6. The summed E-state index contributed by atoms with van der Waals surface area (Å²) in [5, 5.41) is 9.41. The van der Waals surface area contributed by atoms with Crippen LogP contribution in [0.1, 0.15) is 53.5 Å². The van der Waals surface area contributed by atoms with Crippen molar-refractivity contribution in [2.45, 2.75) is 49.6 Å². The molecule has 0 fully saturated rings. The second-order valence-corrected chi connectivity index (χ2v) is 12.0. The molecule has 0 aliphatic carbocycles. The Labute approximate surface area is 213 Å². The molecule has 1 heterocycles. The lowest BCUT2D eigenvalue weighted by molar-refractivity contribution is -0.137. The van der Waals surface area contributed by atoms with Gasteiger partial charge in [0.2, 0.25) is 0 Å². The number of carbonyl (C=O) groups is 1. The minimum absolute atomic E-state index is 0.0976. The van der Waals surface area contributed by atoms with Gasteiger partial charge in [-0.2, -0.15) is 13.2 Å². The van der Waals surface area contributed by atoms with Crippen LogP contribution in [0.2, 0.25) is 0 Å². The molecule has 0 spiro atoms. The van der Waals surface area contributed by atoms with E-state index in [1.54, 1.807) is 30.3 Å². The topological polar surface area (TPSA) is 76.4 Å². The molecule has 3 aromatic carbocycles. The van der Waals surface area contributed by atoms with E-state index in [4.69, 9.17) is 5.11 Å². The maximum Gasteiger partial charge on any atom is 0.416 e. The smallest absolute Gasteiger partial charge is 0.416 e. The van der Waals surface area contributed by atoms with Crippen LogP contribution >= 0.6 is 0 Å². The number of hydrogen-bond acceptors (Lipinski definition) is 3. The van der Waals surface area contributed by atoms with E-state index in [2.05, 4.69) is 0 Å². The van der Waals surface area contributed by atoms with Gasteiger partial charge in [-0.1, -0.05) is 45.0 Å². The van der Waals surface area contributed by atoms with E-state index >= 15 is 0 Å². The van der Waals surface area contributed by atoms with Crippen LogP contribution in [0.5, 0.6) is 0 Å². The number of nitrogens with zero attached hydrogens (tertiary/aromatic N) is 1. The summed E-state index contributed by atoms with van der Waals surface area (Å²) in [5.74, 6) is -1.54. The summed E-state index contributed by atoms with van der Waals surface area (Å²) in [7, 11) is -3.87. The van der Waals surface area contributed by atoms with Crippen LogP contribution in [-0.2, 0) is 33.7 Å². The Morgan fingerprint density at radius 1 is 0.892 bits per heavy atom. The van der Waals surface area contributed by atoms with Crippen molar-refractivity contribution in [1.82, 2.24) is 4.57 Å². The lowest BCUT2D eigenvalue weighted by Crippen LogP contribution is -2.16. The summed E-state index contributed by atoms with van der Waals surface area (Å²) in [6.07, 6.45) is -4.34. The van der Waals surface area contributed by atoms with Crippen LogP contribution in [0.15, 0.2) is 77.7 Å². The summed E-state index contributed by atoms with van der Waals surface area (Å²) in [6, 6.07) is 17.6. The molecule has 5 nitrogen and oxygen atoms in total. The zero-order chi connectivity index (χ0) is 27.2. The van der Waals surface area contributed by atoms with Gasteiger partial charge in [0.1, 0.15) is 5.88 Å². The van der Waals surface area contributed by atoms with Crippen LogP contribution in [0.4, 0.5) is 13.2 Å². The molecule has 0 bridgehead atoms. The fourth-order valence-electron chi connectivity index (χ4n) is 4.18. The minimum atomic E-state index is -4.54. The molecule has 9 heteroatoms. The molecule has 194 valence electrons. The Morgan fingerprint density at radius 2 is 1.57 bits per heavy atom. The first-order valence-electron chi connectivity index (χ1n) is 11.5. The fraction of sp³-hybridized carbons (Fsp3) is 0.250. The Morgan fingerprint density at radius 3 is 2.16 bits per heavy atom. The van der Waals surface area contributed by atoms with Gasteiger partial charge < -0.3 is 9.67 Å². The monoisotopic (exact) mass is 529 g/mol. The maximum atomic E-state index is 13.5. The highest BCUT2D eigenvalue weighted by atomic mass is 32.2. The Hall–Kier alpha value is -3.59. The van der Waals surface area contributed by atoms with Crippen LogP contribution in [0.25, 0.3) is 10.9 Å². The molecule has 4 rings (SSSR count). The highest BCUT2D eigenvalue weighted by Gasteiger charge is 2.31. The van der Waals surface area contributed by atoms with Gasteiger partial charge in [-0.25, -0.2) is 13.2 Å². The lowest BCUT2D eigenvalue weighted by Gasteiger charge is -2.20. The number of aromatic nitrogens is 1. The first-order chi connectivity index (χ1) is 17.1. The van der Waals surface area contributed by atoms with E-state index < -0.39 is 33.4 Å². The number of halogens is 3. The van der Waals surface area contributed by atoms with Crippen LogP contribution in [0, 0.1) is 0 Å². The first kappa shape index (κ1) is 26.5. The molecule has 0 saturated carbocycles. The van der Waals surface area contributed by atoms with Gasteiger partial charge in [-0.15, -0.1) is 0 Å². The van der Waals surface area contributed by atoms with Gasteiger partial charge in [0, 0.05) is 23.0 Å². The summed E-state index contributed by atoms with van der Waals surface area (Å²) in [6.45, 7) is 5.93. The van der Waals surface area contributed by atoms with Gasteiger partial charge in [0.15, 0.2) is 9.84 Å². The summed E-state index contributed by atoms with van der Waals surface area (Å²) < 4.78 is 68.6. The van der Waals surface area contributed by atoms with E-state index in [9.17, 15) is 26.4 Å². The van der Waals surface area contributed by atoms with E-state index in [0.717, 1.165) is 17.7 Å². The number of aromatic carboxylic acids is 1. The van der Waals surface area contributed by atoms with Crippen molar-refractivity contribution in [1.29, 1.82) is 0 Å². The molecular weight excluding hydrogens is 503 g/mol. The Bertz CT molecular complexity index is 1580. The third kappa shape index (κ3) is 5.72. The highest BCUT2D eigenvalue weighted by Crippen LogP contribution is 2.34. The van der Waals surface area contributed by atoms with Gasteiger partial charge in [-0.05, 0) is 65.1 Å². The SMILES string of the molecule is CC(C)(C)c1cccc(S(=O)(=O)Cn2c(Cc3ccc(C(=O)O)cc3)cc3cc(C(F)(F)F)ccc32)c1. The number of sulfone groups is 1. The molecule has 0 atom stereocenters. The maximum absolute atomic E-state index is 13.5. The van der Waals surface area contributed by atoms with Crippen molar-refractivity contribution in [3.8, 4) is 0 Å². The number of fused-ring (bicyclic) bond motifs is 1. The molecule has 1 N–H and O–H groups in total. The summed E-state index contributed by atoms with van der Waals surface area (Å²) >= 11 is 0. The van der Waals surface area contributed by atoms with Gasteiger partial charge in [0.05, 0.1) is 16.0 Å². The largest absolute Gasteiger partial charge is 0.478 e. The van der Waals surface area contributed by atoms with Crippen molar-refractivity contribution in [2.75, 3.05) is 0 Å². The van der Waals surface area contributed by atoms with Gasteiger partial charge in [-0.3, -0.25) is 0 Å². The molecule has 1 aromatic heterocycles. The van der Waals surface area contributed by atoms with E-state index in [1.165, 1.54) is 28.8 Å². The first-order valence-corrected chi connectivity index (χ1v) is 13.2. The predicted molar refractivity (Wildman–Crippen MR) is 135 cm³/mol. The minimum Gasteiger partial charge on any atom is -0.478 e. The van der Waals surface area contributed by atoms with Crippen LogP contribution in [0.3, 0.4) is 0 Å². The molecule has 37 heavy (non-hydrogen) atoms. The normalized spacial score (nSPS) is 12.7. The predicted octanol–water partition coefficient (Wildman–Crippen LogP) is 6.68. The van der Waals surface area contributed by atoms with E-state index in [1.807, 2.05) is 26.8 Å². The van der Waals surface area contributed by atoms with Gasteiger partial charge >= 0.3 is 12.1 Å². The molecule has 0 unspecified atom stereocenters. The van der Waals surface area contributed by atoms with E-state index in [0.29, 0.717) is 16.8 Å². The number of alkyl halides is 3. The molecule has 0 aliphatic heterocycles. The molecule has 0 aliphatic rings. The number of hydrogen-bond donors (Lipinski definition) is 1. The molecule has 0 saturated heterocycles. The van der Waals surface area contributed by atoms with Gasteiger partial charge in [0.25, 0.3) is 0 Å². The Kier molecular flexibility index (Phi) is 6.71. The third-order valence-electron chi connectivity index (χ3n) is 6.26. The third-order valence-corrected chi connectivity index (χ3v) is 7.83. The fourth-order valence-corrected chi connectivity index (χ4v) is 5.56.